The molecule has 1 atom stereocenters. The van der Waals surface area contributed by atoms with Crippen LogP contribution in [0.3, 0.4) is 0 Å². The molecule has 8 nitrogen and oxygen atoms in total. The third-order valence-corrected chi connectivity index (χ3v) is 8.67. The molecule has 4 aromatic rings. The minimum Gasteiger partial charge on any atom is -0.497 e. The lowest BCUT2D eigenvalue weighted by Crippen LogP contribution is -2.33. The number of piperidine rings is 1. The lowest BCUT2D eigenvalue weighted by Gasteiger charge is -2.26. The molecule has 2 amide bonds. The summed E-state index contributed by atoms with van der Waals surface area (Å²) in [6, 6.07) is 21.4. The Balaban J connectivity index is 1.22. The molecule has 1 aromatic heterocycles. The predicted molar refractivity (Wildman–Crippen MR) is 169 cm³/mol. The van der Waals surface area contributed by atoms with Crippen LogP contribution in [0.4, 0.5) is 4.79 Å². The SMILES string of the molecule is COc1cccc(C2=NN(C(N)=O)C(c3cn(Cc4ccc(OCCN5CCCCC5)cc4)c4ccc(Br)cc34)C2)c1. The lowest BCUT2D eigenvalue weighted by atomic mass is 9.98. The van der Waals surface area contributed by atoms with Gasteiger partial charge in [0.2, 0.25) is 0 Å². The van der Waals surface area contributed by atoms with Gasteiger partial charge in [0, 0.05) is 52.2 Å². The first-order valence-electron chi connectivity index (χ1n) is 14.5. The van der Waals surface area contributed by atoms with Crippen molar-refractivity contribution in [2.45, 2.75) is 38.3 Å². The van der Waals surface area contributed by atoms with Gasteiger partial charge in [0.05, 0.1) is 18.9 Å². The molecule has 1 unspecified atom stereocenters. The van der Waals surface area contributed by atoms with Gasteiger partial charge in [0.1, 0.15) is 18.1 Å². The summed E-state index contributed by atoms with van der Waals surface area (Å²) in [7, 11) is 1.64. The molecule has 0 bridgehead atoms. The van der Waals surface area contributed by atoms with Gasteiger partial charge in [0.15, 0.2) is 0 Å². The van der Waals surface area contributed by atoms with E-state index in [1.165, 1.54) is 37.4 Å². The van der Waals surface area contributed by atoms with E-state index in [1.54, 1.807) is 7.11 Å². The fourth-order valence-corrected chi connectivity index (χ4v) is 6.35. The summed E-state index contributed by atoms with van der Waals surface area (Å²) in [6.45, 7) is 4.72. The maximum atomic E-state index is 12.6. The van der Waals surface area contributed by atoms with Gasteiger partial charge in [-0.2, -0.15) is 5.10 Å². The van der Waals surface area contributed by atoms with E-state index in [1.807, 2.05) is 30.3 Å². The number of hydrazone groups is 1. The zero-order valence-electron chi connectivity index (χ0n) is 23.8. The maximum absolute atomic E-state index is 12.6. The molecule has 42 heavy (non-hydrogen) atoms. The number of halogens is 1. The van der Waals surface area contributed by atoms with Crippen molar-refractivity contribution in [2.75, 3.05) is 33.4 Å². The average molecular weight is 631 g/mol. The molecule has 0 radical (unpaired) electrons. The molecule has 6 rings (SSSR count). The summed E-state index contributed by atoms with van der Waals surface area (Å²) >= 11 is 3.64. The van der Waals surface area contributed by atoms with E-state index in [2.05, 4.69) is 73.1 Å². The van der Waals surface area contributed by atoms with Gasteiger partial charge in [-0.05, 0) is 74.0 Å². The van der Waals surface area contributed by atoms with E-state index in [0.717, 1.165) is 55.8 Å². The second-order valence-electron chi connectivity index (χ2n) is 10.9. The van der Waals surface area contributed by atoms with Crippen molar-refractivity contribution in [1.29, 1.82) is 0 Å². The fraction of sp³-hybridized carbons (Fsp3) is 0.333. The smallest absolute Gasteiger partial charge is 0.335 e. The minimum absolute atomic E-state index is 0.322. The van der Waals surface area contributed by atoms with E-state index in [0.29, 0.717) is 19.6 Å². The van der Waals surface area contributed by atoms with Gasteiger partial charge in [-0.3, -0.25) is 4.90 Å². The summed E-state index contributed by atoms with van der Waals surface area (Å²) in [5, 5.41) is 7.12. The molecule has 2 N–H and O–H groups in total. The average Bonchev–Trinajstić information content (AvgIpc) is 3.61. The Morgan fingerprint density at radius 1 is 1.02 bits per heavy atom. The number of carbonyl (C=O) groups is 1. The molecule has 9 heteroatoms. The van der Waals surface area contributed by atoms with Gasteiger partial charge in [-0.25, -0.2) is 9.80 Å². The van der Waals surface area contributed by atoms with E-state index < -0.39 is 6.03 Å². The Hall–Kier alpha value is -3.82. The van der Waals surface area contributed by atoms with Crippen LogP contribution in [0.15, 0.2) is 82.5 Å². The largest absolute Gasteiger partial charge is 0.497 e. The molecule has 3 aromatic carbocycles. The number of urea groups is 1. The second-order valence-corrected chi connectivity index (χ2v) is 11.9. The van der Waals surface area contributed by atoms with Crippen LogP contribution < -0.4 is 15.2 Å². The molecule has 1 fully saturated rings. The molecule has 1 saturated heterocycles. The summed E-state index contributed by atoms with van der Waals surface area (Å²) < 4.78 is 14.6. The van der Waals surface area contributed by atoms with Gasteiger partial charge in [0.25, 0.3) is 0 Å². The summed E-state index contributed by atoms with van der Waals surface area (Å²) in [5.41, 5.74) is 10.8. The fourth-order valence-electron chi connectivity index (χ4n) is 5.99. The van der Waals surface area contributed by atoms with Crippen molar-refractivity contribution in [3.63, 3.8) is 0 Å². The zero-order valence-corrected chi connectivity index (χ0v) is 25.4. The highest BCUT2D eigenvalue weighted by molar-refractivity contribution is 9.10. The van der Waals surface area contributed by atoms with E-state index in [-0.39, 0.29) is 6.04 Å². The molecule has 0 saturated carbocycles. The van der Waals surface area contributed by atoms with Crippen LogP contribution in [0.1, 0.15) is 48.4 Å². The number of rotatable bonds is 9. The highest BCUT2D eigenvalue weighted by Crippen LogP contribution is 2.39. The van der Waals surface area contributed by atoms with Gasteiger partial charge in [-0.1, -0.05) is 46.6 Å². The first-order valence-corrected chi connectivity index (χ1v) is 15.3. The van der Waals surface area contributed by atoms with Gasteiger partial charge in [-0.15, -0.1) is 0 Å². The highest BCUT2D eigenvalue weighted by Gasteiger charge is 2.34. The number of nitrogens with two attached hydrogens (primary N) is 1. The number of ether oxygens (including phenoxy) is 2. The number of hydrogen-bond donors (Lipinski definition) is 1. The number of hydrogen-bond acceptors (Lipinski definition) is 5. The Kier molecular flexibility index (Phi) is 8.48. The van der Waals surface area contributed by atoms with Crippen molar-refractivity contribution < 1.29 is 14.3 Å². The van der Waals surface area contributed by atoms with Crippen LogP contribution in [-0.4, -0.2) is 59.6 Å². The normalized spacial score (nSPS) is 17.4. The quantitative estimate of drug-likeness (QED) is 0.227. The lowest BCUT2D eigenvalue weighted by molar-refractivity contribution is 0.183. The molecule has 2 aliphatic heterocycles. The predicted octanol–water partition coefficient (Wildman–Crippen LogP) is 6.56. The monoisotopic (exact) mass is 629 g/mol. The second kappa shape index (κ2) is 12.6. The standard InChI is InChI=1S/C33H36BrN5O3/c1-41-27-7-5-6-24(18-27)30-20-32(39(36-30)33(35)40)29-22-38(31-13-10-25(34)19-28(29)31)21-23-8-11-26(12-9-23)42-17-16-37-14-3-2-4-15-37/h5-13,18-19,22,32H,2-4,14-17,20-21H2,1H3,(H2,35,40). The number of likely N-dealkylation sites (tertiary alicyclic amines) is 1. The first kappa shape index (κ1) is 28.3. The third-order valence-electron chi connectivity index (χ3n) is 8.17. The number of primary amides is 1. The highest BCUT2D eigenvalue weighted by atomic mass is 79.9. The van der Waals surface area contributed by atoms with Crippen LogP contribution in [0, 0.1) is 0 Å². The van der Waals surface area contributed by atoms with Crippen molar-refractivity contribution in [3.8, 4) is 11.5 Å². The number of aromatic nitrogens is 1. The first-order chi connectivity index (χ1) is 20.5. The van der Waals surface area contributed by atoms with Crippen molar-refractivity contribution in [1.82, 2.24) is 14.5 Å². The third kappa shape index (κ3) is 6.17. The maximum Gasteiger partial charge on any atom is 0.335 e. The van der Waals surface area contributed by atoms with Crippen molar-refractivity contribution >= 4 is 38.6 Å². The molecule has 218 valence electrons. The number of benzene rings is 3. The Bertz CT molecular complexity index is 1590. The van der Waals surface area contributed by atoms with Crippen molar-refractivity contribution in [3.05, 3.63) is 94.1 Å². The van der Waals surface area contributed by atoms with Crippen LogP contribution >= 0.6 is 15.9 Å². The van der Waals surface area contributed by atoms with Gasteiger partial charge >= 0.3 is 6.03 Å². The summed E-state index contributed by atoms with van der Waals surface area (Å²) in [4.78, 5) is 15.1. The Labute approximate surface area is 254 Å². The van der Waals surface area contributed by atoms with E-state index in [4.69, 9.17) is 15.2 Å². The molecule has 3 heterocycles. The number of fused-ring (bicyclic) bond motifs is 1. The number of methoxy groups -OCH3 is 1. The number of amides is 2. The molecule has 0 aliphatic carbocycles. The number of carbonyl (C=O) groups excluding carboxylic acids is 1. The van der Waals surface area contributed by atoms with Crippen LogP contribution in [0.2, 0.25) is 0 Å². The Morgan fingerprint density at radius 2 is 1.83 bits per heavy atom. The molecular formula is C33H36BrN5O3. The number of nitrogens with zero attached hydrogens (tertiary/aromatic N) is 4. The van der Waals surface area contributed by atoms with Crippen molar-refractivity contribution in [2.24, 2.45) is 10.8 Å². The molecule has 2 aliphatic rings. The molecule has 0 spiro atoms. The minimum atomic E-state index is -0.579. The van der Waals surface area contributed by atoms with Crippen LogP contribution in [0.5, 0.6) is 11.5 Å². The Morgan fingerprint density at radius 3 is 2.60 bits per heavy atom. The van der Waals surface area contributed by atoms with Crippen LogP contribution in [0.25, 0.3) is 10.9 Å². The van der Waals surface area contributed by atoms with E-state index in [9.17, 15) is 4.79 Å². The topological polar surface area (TPSA) is 85.3 Å². The van der Waals surface area contributed by atoms with Gasteiger partial charge < -0.3 is 19.8 Å². The zero-order chi connectivity index (χ0) is 29.1. The molecular weight excluding hydrogens is 594 g/mol. The van der Waals surface area contributed by atoms with Crippen LogP contribution in [-0.2, 0) is 6.54 Å². The summed E-state index contributed by atoms with van der Waals surface area (Å²) in [5.74, 6) is 1.63. The summed E-state index contributed by atoms with van der Waals surface area (Å²) in [6.07, 6.45) is 6.60. The van der Waals surface area contributed by atoms with E-state index >= 15 is 0 Å².